The van der Waals surface area contributed by atoms with Gasteiger partial charge in [0, 0.05) is 25.1 Å². The molecule has 0 bridgehead atoms. The summed E-state index contributed by atoms with van der Waals surface area (Å²) in [6.07, 6.45) is 1.39. The maximum Gasteiger partial charge on any atom is 0.350 e. The van der Waals surface area contributed by atoms with E-state index in [0.29, 0.717) is 5.82 Å². The average Bonchev–Trinajstić information content (AvgIpc) is 2.98. The standard InChI is InChI=1S/C21H31FN4O4/c1-7-8-14(5)30-18-10-17(26-21(29)25(6)19(24-26)12(2)3)16(22)9-15(18)20(28)23-13(4)11-27/h9-10,12-14,27H,7-8,11H2,1-6H3,(H,23,28)/t13-,14+/m1/s1. The third-order valence-corrected chi connectivity index (χ3v) is 4.73. The first kappa shape index (κ1) is 23.6. The quantitative estimate of drug-likeness (QED) is 0.647. The maximum absolute atomic E-state index is 15.0. The van der Waals surface area contributed by atoms with Crippen molar-refractivity contribution in [1.82, 2.24) is 19.7 Å². The second-order valence-corrected chi connectivity index (χ2v) is 7.84. The molecule has 0 saturated heterocycles. The molecule has 2 atom stereocenters. The number of aliphatic hydroxyl groups excluding tert-OH is 1. The van der Waals surface area contributed by atoms with Gasteiger partial charge < -0.3 is 15.2 Å². The van der Waals surface area contributed by atoms with Gasteiger partial charge in [0.05, 0.1) is 18.3 Å². The van der Waals surface area contributed by atoms with Crippen molar-refractivity contribution in [3.05, 3.63) is 39.8 Å². The molecule has 1 amide bonds. The Hall–Kier alpha value is -2.68. The van der Waals surface area contributed by atoms with Crippen molar-refractivity contribution in [3.8, 4) is 11.4 Å². The number of nitrogens with zero attached hydrogens (tertiary/aromatic N) is 3. The molecule has 0 fully saturated rings. The molecule has 30 heavy (non-hydrogen) atoms. The predicted molar refractivity (Wildman–Crippen MR) is 112 cm³/mol. The Morgan fingerprint density at radius 1 is 1.30 bits per heavy atom. The zero-order chi connectivity index (χ0) is 22.6. The number of rotatable bonds is 9. The number of ether oxygens (including phenoxy) is 1. The molecule has 0 aliphatic rings. The molecule has 2 rings (SSSR count). The van der Waals surface area contributed by atoms with E-state index in [4.69, 9.17) is 4.74 Å². The summed E-state index contributed by atoms with van der Waals surface area (Å²) in [6, 6.07) is 1.87. The van der Waals surface area contributed by atoms with Crippen LogP contribution in [0.4, 0.5) is 4.39 Å². The third-order valence-electron chi connectivity index (χ3n) is 4.73. The minimum Gasteiger partial charge on any atom is -0.490 e. The van der Waals surface area contributed by atoms with Crippen LogP contribution < -0.4 is 15.7 Å². The highest BCUT2D eigenvalue weighted by Gasteiger charge is 2.23. The van der Waals surface area contributed by atoms with Crippen molar-refractivity contribution >= 4 is 5.91 Å². The van der Waals surface area contributed by atoms with Gasteiger partial charge in [-0.2, -0.15) is 4.68 Å². The molecular weight excluding hydrogens is 391 g/mol. The van der Waals surface area contributed by atoms with Crippen LogP contribution in [0.1, 0.15) is 69.6 Å². The molecule has 0 unspecified atom stereocenters. The highest BCUT2D eigenvalue weighted by atomic mass is 19.1. The van der Waals surface area contributed by atoms with Gasteiger partial charge in [-0.3, -0.25) is 9.36 Å². The smallest absolute Gasteiger partial charge is 0.350 e. The first-order valence-electron chi connectivity index (χ1n) is 10.2. The summed E-state index contributed by atoms with van der Waals surface area (Å²) in [6.45, 7) is 9.01. The molecule has 1 aromatic carbocycles. The number of amides is 1. The molecule has 0 radical (unpaired) electrons. The molecule has 1 heterocycles. The summed E-state index contributed by atoms with van der Waals surface area (Å²) in [7, 11) is 1.58. The highest BCUT2D eigenvalue weighted by Crippen LogP contribution is 2.27. The maximum atomic E-state index is 15.0. The number of carbonyl (C=O) groups excluding carboxylic acids is 1. The lowest BCUT2D eigenvalue weighted by molar-refractivity contribution is 0.0914. The molecule has 2 aromatic rings. The van der Waals surface area contributed by atoms with E-state index in [2.05, 4.69) is 10.4 Å². The van der Waals surface area contributed by atoms with Gasteiger partial charge >= 0.3 is 5.69 Å². The van der Waals surface area contributed by atoms with E-state index >= 15 is 4.39 Å². The monoisotopic (exact) mass is 422 g/mol. The first-order chi connectivity index (χ1) is 14.1. The van der Waals surface area contributed by atoms with Gasteiger partial charge in [0.15, 0.2) is 0 Å². The molecule has 9 heteroatoms. The van der Waals surface area contributed by atoms with Gasteiger partial charge in [-0.15, -0.1) is 5.10 Å². The normalized spacial score (nSPS) is 13.4. The molecule has 0 aliphatic carbocycles. The molecule has 0 spiro atoms. The van der Waals surface area contributed by atoms with Crippen LogP contribution in [-0.2, 0) is 7.05 Å². The van der Waals surface area contributed by atoms with Gasteiger partial charge in [-0.05, 0) is 26.3 Å². The predicted octanol–water partition coefficient (Wildman–Crippen LogP) is 2.51. The van der Waals surface area contributed by atoms with Crippen LogP contribution in [0.3, 0.4) is 0 Å². The van der Waals surface area contributed by atoms with Crippen molar-refractivity contribution in [2.24, 2.45) is 7.05 Å². The Labute approximate surface area is 175 Å². The number of aromatic nitrogens is 3. The summed E-state index contributed by atoms with van der Waals surface area (Å²) in [4.78, 5) is 25.3. The fourth-order valence-electron chi connectivity index (χ4n) is 3.12. The lowest BCUT2D eigenvalue weighted by Crippen LogP contribution is -2.35. The van der Waals surface area contributed by atoms with Gasteiger partial charge in [0.2, 0.25) is 0 Å². The van der Waals surface area contributed by atoms with Crippen molar-refractivity contribution in [3.63, 3.8) is 0 Å². The molecule has 1 aromatic heterocycles. The number of benzene rings is 1. The Morgan fingerprint density at radius 2 is 1.97 bits per heavy atom. The minimum absolute atomic E-state index is 0.00688. The lowest BCUT2D eigenvalue weighted by atomic mass is 10.1. The van der Waals surface area contributed by atoms with Gasteiger partial charge in [-0.1, -0.05) is 27.2 Å². The molecule has 166 valence electrons. The minimum atomic E-state index is -0.775. The van der Waals surface area contributed by atoms with Gasteiger partial charge in [0.25, 0.3) is 5.91 Å². The SMILES string of the molecule is CCC[C@H](C)Oc1cc(-n2nc(C(C)C)n(C)c2=O)c(F)cc1C(=O)N[C@H](C)CO. The van der Waals surface area contributed by atoms with Crippen LogP contribution in [0.15, 0.2) is 16.9 Å². The fraction of sp³-hybridized carbons (Fsp3) is 0.571. The Kier molecular flexibility index (Phi) is 7.77. The molecule has 0 saturated carbocycles. The molecule has 2 N–H and O–H groups in total. The second-order valence-electron chi connectivity index (χ2n) is 7.84. The van der Waals surface area contributed by atoms with E-state index in [0.717, 1.165) is 23.6 Å². The van der Waals surface area contributed by atoms with E-state index in [1.807, 2.05) is 27.7 Å². The lowest BCUT2D eigenvalue weighted by Gasteiger charge is -2.19. The van der Waals surface area contributed by atoms with E-state index in [1.165, 1.54) is 10.6 Å². The van der Waals surface area contributed by atoms with E-state index in [9.17, 15) is 14.7 Å². The van der Waals surface area contributed by atoms with Crippen LogP contribution >= 0.6 is 0 Å². The summed E-state index contributed by atoms with van der Waals surface area (Å²) in [5.74, 6) is -0.712. The number of halogens is 1. The summed E-state index contributed by atoms with van der Waals surface area (Å²) in [5.41, 5.74) is -0.586. The topological polar surface area (TPSA) is 98.4 Å². The van der Waals surface area contributed by atoms with Crippen molar-refractivity contribution < 1.29 is 19.0 Å². The van der Waals surface area contributed by atoms with Crippen LogP contribution in [-0.4, -0.2) is 44.1 Å². The summed E-state index contributed by atoms with van der Waals surface area (Å²) >= 11 is 0. The average molecular weight is 423 g/mol. The number of carbonyl (C=O) groups is 1. The zero-order valence-electron chi connectivity index (χ0n) is 18.4. The van der Waals surface area contributed by atoms with Crippen molar-refractivity contribution in [1.29, 1.82) is 0 Å². The van der Waals surface area contributed by atoms with E-state index in [1.54, 1.807) is 14.0 Å². The van der Waals surface area contributed by atoms with E-state index < -0.39 is 23.5 Å². The zero-order valence-corrected chi connectivity index (χ0v) is 18.4. The largest absolute Gasteiger partial charge is 0.490 e. The van der Waals surface area contributed by atoms with Crippen molar-refractivity contribution in [2.75, 3.05) is 6.61 Å². The first-order valence-corrected chi connectivity index (χ1v) is 10.2. The Morgan fingerprint density at radius 3 is 2.50 bits per heavy atom. The number of hydrogen-bond acceptors (Lipinski definition) is 5. The summed E-state index contributed by atoms with van der Waals surface area (Å²) in [5, 5.41) is 16.1. The molecule has 8 nitrogen and oxygen atoms in total. The molecule has 0 aliphatic heterocycles. The summed E-state index contributed by atoms with van der Waals surface area (Å²) < 4.78 is 23.3. The second kappa shape index (κ2) is 9.88. The number of aliphatic hydroxyl groups is 1. The van der Waals surface area contributed by atoms with Gasteiger partial charge in [-0.25, -0.2) is 9.18 Å². The van der Waals surface area contributed by atoms with Crippen molar-refractivity contribution in [2.45, 2.75) is 65.5 Å². The molecular formula is C21H31FN4O4. The Balaban J connectivity index is 2.60. The fourth-order valence-corrected chi connectivity index (χ4v) is 3.12. The highest BCUT2D eigenvalue weighted by molar-refractivity contribution is 5.97. The van der Waals surface area contributed by atoms with Crippen LogP contribution in [0, 0.1) is 5.82 Å². The number of nitrogens with one attached hydrogen (secondary N) is 1. The number of hydrogen-bond donors (Lipinski definition) is 2. The van der Waals surface area contributed by atoms with Crippen LogP contribution in [0.25, 0.3) is 5.69 Å². The van der Waals surface area contributed by atoms with Crippen LogP contribution in [0.2, 0.25) is 0 Å². The van der Waals surface area contributed by atoms with E-state index in [-0.39, 0.29) is 35.6 Å². The van der Waals surface area contributed by atoms with Crippen LogP contribution in [0.5, 0.6) is 5.75 Å². The van der Waals surface area contributed by atoms with Gasteiger partial charge in [0.1, 0.15) is 23.1 Å². The third kappa shape index (κ3) is 5.08. The Bertz CT molecular complexity index is 951.